The zero-order valence-corrected chi connectivity index (χ0v) is 15.4. The molecular weight excluding hydrogens is 376 g/mol. The standard InChI is InChI=1S/C16H12N4O2S3/c1-2-5-20-13-12(25-16(20)23)15(21)19(9-17-13)7-10-8-24-14(18-10)11-4-3-6-22-11/h2-4,6,8-9H,1,5,7H2. The van der Waals surface area contributed by atoms with E-state index in [1.165, 1.54) is 29.0 Å². The summed E-state index contributed by atoms with van der Waals surface area (Å²) in [6, 6.07) is 3.68. The topological polar surface area (TPSA) is 65.8 Å². The molecule has 0 radical (unpaired) electrons. The van der Waals surface area contributed by atoms with E-state index in [1.807, 2.05) is 22.1 Å². The number of aromatic nitrogens is 4. The van der Waals surface area contributed by atoms with Crippen LogP contribution in [0.4, 0.5) is 0 Å². The van der Waals surface area contributed by atoms with Gasteiger partial charge in [-0.3, -0.25) is 9.36 Å². The lowest BCUT2D eigenvalue weighted by molar-refractivity contribution is 0.581. The Labute approximate surface area is 155 Å². The second-order valence-electron chi connectivity index (χ2n) is 5.22. The Bertz CT molecular complexity index is 1160. The van der Waals surface area contributed by atoms with E-state index in [1.54, 1.807) is 16.9 Å². The Morgan fingerprint density at radius 2 is 2.32 bits per heavy atom. The Kier molecular flexibility index (Phi) is 4.20. The second-order valence-corrected chi connectivity index (χ2v) is 7.72. The summed E-state index contributed by atoms with van der Waals surface area (Å²) < 4.78 is 9.88. The normalized spacial score (nSPS) is 11.2. The van der Waals surface area contributed by atoms with E-state index in [0.717, 1.165) is 16.5 Å². The van der Waals surface area contributed by atoms with Crippen molar-refractivity contribution in [2.24, 2.45) is 0 Å². The zero-order chi connectivity index (χ0) is 17.4. The molecular formula is C16H12N4O2S3. The van der Waals surface area contributed by atoms with Gasteiger partial charge < -0.3 is 8.98 Å². The molecule has 4 aromatic rings. The highest BCUT2D eigenvalue weighted by Crippen LogP contribution is 2.24. The molecule has 0 N–H and O–H groups in total. The van der Waals surface area contributed by atoms with E-state index in [0.29, 0.717) is 27.4 Å². The number of hydrogen-bond donors (Lipinski definition) is 0. The van der Waals surface area contributed by atoms with Crippen molar-refractivity contribution in [3.8, 4) is 10.8 Å². The molecule has 4 rings (SSSR count). The van der Waals surface area contributed by atoms with Crippen molar-refractivity contribution in [1.29, 1.82) is 0 Å². The summed E-state index contributed by atoms with van der Waals surface area (Å²) in [7, 11) is 0. The van der Waals surface area contributed by atoms with Crippen LogP contribution in [0.15, 0.2) is 52.0 Å². The number of rotatable bonds is 5. The predicted octanol–water partition coefficient (Wildman–Crippen LogP) is 3.94. The molecule has 0 atom stereocenters. The molecule has 0 aliphatic heterocycles. The molecule has 0 aromatic carbocycles. The number of hydrogen-bond acceptors (Lipinski definition) is 7. The monoisotopic (exact) mass is 388 g/mol. The second kappa shape index (κ2) is 6.51. The third-order valence-corrected chi connectivity index (χ3v) is 5.90. The smallest absolute Gasteiger partial charge is 0.273 e. The first-order valence-corrected chi connectivity index (χ1v) is 9.46. The van der Waals surface area contributed by atoms with E-state index in [-0.39, 0.29) is 5.56 Å². The van der Waals surface area contributed by atoms with Crippen molar-refractivity contribution in [2.75, 3.05) is 0 Å². The third kappa shape index (κ3) is 2.90. The molecule has 0 saturated carbocycles. The van der Waals surface area contributed by atoms with Crippen LogP contribution in [0.25, 0.3) is 21.1 Å². The molecule has 25 heavy (non-hydrogen) atoms. The number of thiazole rings is 2. The molecule has 0 saturated heterocycles. The van der Waals surface area contributed by atoms with E-state index in [4.69, 9.17) is 16.6 Å². The fourth-order valence-electron chi connectivity index (χ4n) is 2.44. The van der Waals surface area contributed by atoms with Crippen LogP contribution in [-0.2, 0) is 13.1 Å². The summed E-state index contributed by atoms with van der Waals surface area (Å²) >= 11 is 8.08. The van der Waals surface area contributed by atoms with Crippen molar-refractivity contribution in [3.63, 3.8) is 0 Å². The highest BCUT2D eigenvalue weighted by Gasteiger charge is 2.13. The van der Waals surface area contributed by atoms with Gasteiger partial charge in [-0.2, -0.15) is 0 Å². The van der Waals surface area contributed by atoms with Crippen LogP contribution in [0.3, 0.4) is 0 Å². The van der Waals surface area contributed by atoms with Gasteiger partial charge in [-0.05, 0) is 24.4 Å². The molecule has 0 amide bonds. The lowest BCUT2D eigenvalue weighted by Gasteiger charge is -2.04. The molecule has 0 unspecified atom stereocenters. The van der Waals surface area contributed by atoms with Crippen molar-refractivity contribution in [2.45, 2.75) is 13.1 Å². The van der Waals surface area contributed by atoms with Crippen LogP contribution in [-0.4, -0.2) is 19.1 Å². The lowest BCUT2D eigenvalue weighted by Crippen LogP contribution is -2.21. The van der Waals surface area contributed by atoms with Gasteiger partial charge in [0.2, 0.25) is 0 Å². The van der Waals surface area contributed by atoms with Gasteiger partial charge in [0.15, 0.2) is 20.4 Å². The zero-order valence-electron chi connectivity index (χ0n) is 12.9. The summed E-state index contributed by atoms with van der Waals surface area (Å²) in [5.74, 6) is 0.719. The molecule has 9 heteroatoms. The quantitative estimate of drug-likeness (QED) is 0.383. The van der Waals surface area contributed by atoms with Crippen molar-refractivity contribution >= 4 is 45.2 Å². The maximum absolute atomic E-state index is 12.7. The van der Waals surface area contributed by atoms with Crippen LogP contribution in [0.1, 0.15) is 5.69 Å². The highest BCUT2D eigenvalue weighted by molar-refractivity contribution is 7.73. The van der Waals surface area contributed by atoms with Gasteiger partial charge in [-0.1, -0.05) is 17.4 Å². The molecule has 6 nitrogen and oxygen atoms in total. The average molecular weight is 388 g/mol. The van der Waals surface area contributed by atoms with Gasteiger partial charge in [0.25, 0.3) is 5.56 Å². The van der Waals surface area contributed by atoms with E-state index in [9.17, 15) is 4.79 Å². The van der Waals surface area contributed by atoms with Gasteiger partial charge in [0.05, 0.1) is 18.5 Å². The largest absolute Gasteiger partial charge is 0.462 e. The third-order valence-electron chi connectivity index (χ3n) is 3.57. The maximum atomic E-state index is 12.7. The minimum Gasteiger partial charge on any atom is -0.462 e. The molecule has 0 aliphatic rings. The fourth-order valence-corrected chi connectivity index (χ4v) is 4.53. The van der Waals surface area contributed by atoms with Crippen LogP contribution in [0, 0.1) is 3.95 Å². The van der Waals surface area contributed by atoms with Crippen molar-refractivity contribution in [3.05, 3.63) is 62.8 Å². The van der Waals surface area contributed by atoms with E-state index in [2.05, 4.69) is 16.5 Å². The Morgan fingerprint density at radius 1 is 1.44 bits per heavy atom. The predicted molar refractivity (Wildman–Crippen MR) is 102 cm³/mol. The SMILES string of the molecule is C=CCn1c(=S)sc2c(=O)n(Cc3csc(-c4ccco4)n3)cnc21. The number of fused-ring (bicyclic) bond motifs is 1. The van der Waals surface area contributed by atoms with Gasteiger partial charge in [0.1, 0.15) is 11.0 Å². The van der Waals surface area contributed by atoms with Crippen LogP contribution < -0.4 is 5.56 Å². The average Bonchev–Trinajstić information content (AvgIpc) is 3.32. The molecule has 0 aliphatic carbocycles. The van der Waals surface area contributed by atoms with Crippen LogP contribution in [0.2, 0.25) is 0 Å². The lowest BCUT2D eigenvalue weighted by atomic mass is 10.4. The highest BCUT2D eigenvalue weighted by atomic mass is 32.1. The van der Waals surface area contributed by atoms with Gasteiger partial charge in [0, 0.05) is 11.9 Å². The number of furan rings is 1. The Morgan fingerprint density at radius 3 is 3.08 bits per heavy atom. The number of nitrogens with zero attached hydrogens (tertiary/aromatic N) is 4. The Hall–Kier alpha value is -2.36. The van der Waals surface area contributed by atoms with Gasteiger partial charge >= 0.3 is 0 Å². The first-order valence-electron chi connectivity index (χ1n) is 7.35. The van der Waals surface area contributed by atoms with Gasteiger partial charge in [-0.25, -0.2) is 9.97 Å². The van der Waals surface area contributed by atoms with Crippen molar-refractivity contribution in [1.82, 2.24) is 19.1 Å². The first-order chi connectivity index (χ1) is 12.2. The molecule has 0 spiro atoms. The maximum Gasteiger partial charge on any atom is 0.273 e. The Balaban J connectivity index is 1.71. The minimum absolute atomic E-state index is 0.114. The fraction of sp³-hybridized carbons (Fsp3) is 0.125. The van der Waals surface area contributed by atoms with E-state index >= 15 is 0 Å². The van der Waals surface area contributed by atoms with Crippen LogP contribution in [0.5, 0.6) is 0 Å². The van der Waals surface area contributed by atoms with Crippen LogP contribution >= 0.6 is 34.9 Å². The molecule has 126 valence electrons. The van der Waals surface area contributed by atoms with E-state index < -0.39 is 0 Å². The summed E-state index contributed by atoms with van der Waals surface area (Å²) in [5.41, 5.74) is 1.27. The minimum atomic E-state index is -0.114. The molecule has 4 aromatic heterocycles. The summed E-state index contributed by atoms with van der Waals surface area (Å²) in [6.45, 7) is 4.60. The van der Waals surface area contributed by atoms with Crippen molar-refractivity contribution < 1.29 is 4.42 Å². The number of allylic oxidation sites excluding steroid dienone is 1. The summed E-state index contributed by atoms with van der Waals surface area (Å²) in [5, 5.41) is 2.70. The molecule has 0 fully saturated rings. The van der Waals surface area contributed by atoms with Gasteiger partial charge in [-0.15, -0.1) is 17.9 Å². The first kappa shape index (κ1) is 16.1. The summed E-state index contributed by atoms with van der Waals surface area (Å²) in [4.78, 5) is 21.7. The molecule has 0 bridgehead atoms. The molecule has 4 heterocycles. The summed E-state index contributed by atoms with van der Waals surface area (Å²) in [6.07, 6.45) is 4.89.